The minimum absolute atomic E-state index is 0.0467. The van der Waals surface area contributed by atoms with Gasteiger partial charge in [0.05, 0.1) is 7.11 Å². The molecule has 0 fully saturated rings. The third-order valence-corrected chi connectivity index (χ3v) is 4.27. The summed E-state index contributed by atoms with van der Waals surface area (Å²) < 4.78 is 19.1. The zero-order chi connectivity index (χ0) is 16.2. The summed E-state index contributed by atoms with van der Waals surface area (Å²) >= 11 is 0. The highest BCUT2D eigenvalue weighted by molar-refractivity contribution is 5.87. The Kier molecular flexibility index (Phi) is 4.58. The first kappa shape index (κ1) is 15.5. The summed E-state index contributed by atoms with van der Waals surface area (Å²) in [5.74, 6) is 0.662. The monoisotopic (exact) mass is 309 g/mol. The fourth-order valence-corrected chi connectivity index (χ4v) is 3.06. The van der Waals surface area contributed by atoms with Gasteiger partial charge in [-0.1, -0.05) is 42.5 Å². The van der Waals surface area contributed by atoms with Crippen molar-refractivity contribution in [2.24, 2.45) is 5.73 Å². The van der Waals surface area contributed by atoms with Crippen LogP contribution in [-0.2, 0) is 6.42 Å². The smallest absolute Gasteiger partial charge is 0.123 e. The van der Waals surface area contributed by atoms with Crippen molar-refractivity contribution < 1.29 is 9.13 Å². The van der Waals surface area contributed by atoms with E-state index in [0.29, 0.717) is 13.0 Å². The van der Waals surface area contributed by atoms with Crippen molar-refractivity contribution in [2.75, 3.05) is 13.7 Å². The molecule has 0 aliphatic heterocycles. The van der Waals surface area contributed by atoms with Crippen LogP contribution < -0.4 is 10.5 Å². The lowest BCUT2D eigenvalue weighted by Crippen LogP contribution is -2.16. The van der Waals surface area contributed by atoms with Crippen molar-refractivity contribution in [3.05, 3.63) is 77.6 Å². The van der Waals surface area contributed by atoms with Gasteiger partial charge in [0, 0.05) is 11.5 Å². The summed E-state index contributed by atoms with van der Waals surface area (Å²) in [6, 6.07) is 18.9. The molecule has 0 amide bonds. The van der Waals surface area contributed by atoms with Crippen LogP contribution in [0.5, 0.6) is 5.75 Å². The maximum atomic E-state index is 13.5. The van der Waals surface area contributed by atoms with E-state index in [2.05, 4.69) is 18.2 Å². The van der Waals surface area contributed by atoms with Crippen LogP contribution in [0.2, 0.25) is 0 Å². The van der Waals surface area contributed by atoms with E-state index in [1.165, 1.54) is 11.5 Å². The van der Waals surface area contributed by atoms with E-state index in [-0.39, 0.29) is 11.7 Å². The summed E-state index contributed by atoms with van der Waals surface area (Å²) in [7, 11) is 1.67. The van der Waals surface area contributed by atoms with Crippen molar-refractivity contribution in [1.82, 2.24) is 0 Å². The second-order valence-corrected chi connectivity index (χ2v) is 5.66. The lowest BCUT2D eigenvalue weighted by molar-refractivity contribution is 0.409. The number of halogens is 1. The lowest BCUT2D eigenvalue weighted by atomic mass is 9.89. The number of fused-ring (bicyclic) bond motifs is 1. The Bertz CT molecular complexity index is 816. The Morgan fingerprint density at radius 1 is 1.04 bits per heavy atom. The zero-order valence-electron chi connectivity index (χ0n) is 13.1. The quantitative estimate of drug-likeness (QED) is 0.764. The Morgan fingerprint density at radius 3 is 2.61 bits per heavy atom. The Balaban J connectivity index is 2.05. The van der Waals surface area contributed by atoms with Crippen LogP contribution in [0, 0.1) is 5.82 Å². The number of nitrogens with two attached hydrogens (primary N) is 1. The first-order valence-corrected chi connectivity index (χ1v) is 7.73. The fourth-order valence-electron chi connectivity index (χ4n) is 3.06. The van der Waals surface area contributed by atoms with Crippen LogP contribution in [0.15, 0.2) is 60.7 Å². The lowest BCUT2D eigenvalue weighted by Gasteiger charge is -2.19. The molecule has 3 aromatic carbocycles. The average molecular weight is 309 g/mol. The number of hydrogen-bond acceptors (Lipinski definition) is 2. The molecule has 2 N–H and O–H groups in total. The van der Waals surface area contributed by atoms with Gasteiger partial charge >= 0.3 is 0 Å². The maximum Gasteiger partial charge on any atom is 0.123 e. The van der Waals surface area contributed by atoms with Crippen molar-refractivity contribution >= 4 is 10.8 Å². The highest BCUT2D eigenvalue weighted by Crippen LogP contribution is 2.32. The Labute approximate surface area is 135 Å². The van der Waals surface area contributed by atoms with Crippen molar-refractivity contribution in [3.8, 4) is 5.75 Å². The summed E-state index contributed by atoms with van der Waals surface area (Å²) in [5.41, 5.74) is 8.01. The maximum absolute atomic E-state index is 13.5. The van der Waals surface area contributed by atoms with Crippen LogP contribution >= 0.6 is 0 Å². The number of methoxy groups -OCH3 is 1. The molecule has 2 nitrogen and oxygen atoms in total. The molecule has 0 bridgehead atoms. The first-order valence-electron chi connectivity index (χ1n) is 7.73. The molecule has 0 saturated heterocycles. The Morgan fingerprint density at radius 2 is 1.87 bits per heavy atom. The van der Waals surface area contributed by atoms with Crippen LogP contribution in [0.4, 0.5) is 4.39 Å². The summed E-state index contributed by atoms with van der Waals surface area (Å²) in [5, 5.41) is 2.32. The molecule has 118 valence electrons. The molecule has 0 spiro atoms. The van der Waals surface area contributed by atoms with Gasteiger partial charge in [-0.2, -0.15) is 0 Å². The minimum Gasteiger partial charge on any atom is -0.496 e. The van der Waals surface area contributed by atoms with Gasteiger partial charge in [0.1, 0.15) is 11.6 Å². The summed E-state index contributed by atoms with van der Waals surface area (Å²) in [4.78, 5) is 0. The average Bonchev–Trinajstić information content (AvgIpc) is 2.59. The number of rotatable bonds is 5. The molecule has 0 aliphatic rings. The molecule has 3 heteroatoms. The highest BCUT2D eigenvalue weighted by atomic mass is 19.1. The summed E-state index contributed by atoms with van der Waals surface area (Å²) in [6.45, 7) is 0.454. The van der Waals surface area contributed by atoms with Crippen LogP contribution in [-0.4, -0.2) is 13.7 Å². The van der Waals surface area contributed by atoms with Gasteiger partial charge in [-0.3, -0.25) is 0 Å². The van der Waals surface area contributed by atoms with Gasteiger partial charge in [-0.05, 0) is 47.5 Å². The molecule has 0 aliphatic carbocycles. The van der Waals surface area contributed by atoms with Gasteiger partial charge in [-0.25, -0.2) is 4.39 Å². The molecule has 0 radical (unpaired) electrons. The van der Waals surface area contributed by atoms with E-state index < -0.39 is 0 Å². The number of benzene rings is 3. The van der Waals surface area contributed by atoms with Crippen LogP contribution in [0.25, 0.3) is 10.8 Å². The Hall–Kier alpha value is -2.39. The highest BCUT2D eigenvalue weighted by Gasteiger charge is 2.16. The van der Waals surface area contributed by atoms with E-state index in [9.17, 15) is 4.39 Å². The second kappa shape index (κ2) is 6.80. The van der Waals surface area contributed by atoms with Crippen LogP contribution in [0.1, 0.15) is 17.0 Å². The van der Waals surface area contributed by atoms with Crippen molar-refractivity contribution in [3.63, 3.8) is 0 Å². The van der Waals surface area contributed by atoms with Gasteiger partial charge in [0.15, 0.2) is 0 Å². The fraction of sp³-hybridized carbons (Fsp3) is 0.200. The molecule has 0 saturated carbocycles. The second-order valence-electron chi connectivity index (χ2n) is 5.66. The molecule has 1 atom stereocenters. The molecular formula is C20H20FNO. The zero-order valence-corrected chi connectivity index (χ0v) is 13.1. The third-order valence-electron chi connectivity index (χ3n) is 4.27. The number of hydrogen-bond donors (Lipinski definition) is 1. The van der Waals surface area contributed by atoms with Gasteiger partial charge < -0.3 is 10.5 Å². The first-order chi connectivity index (χ1) is 11.2. The largest absolute Gasteiger partial charge is 0.496 e. The van der Waals surface area contributed by atoms with Gasteiger partial charge in [0.2, 0.25) is 0 Å². The van der Waals surface area contributed by atoms with Crippen molar-refractivity contribution in [2.45, 2.75) is 12.3 Å². The standard InChI is InChI=1S/C20H20FNO/c1-23-20-10-9-14-5-2-3-8-18(14)19(20)12-16(13-22)15-6-4-7-17(21)11-15/h2-11,16H,12-13,22H2,1H3. The topological polar surface area (TPSA) is 35.2 Å². The van der Waals surface area contributed by atoms with E-state index in [1.807, 2.05) is 24.3 Å². The SMILES string of the molecule is COc1ccc2ccccc2c1CC(CN)c1cccc(F)c1. The predicted octanol–water partition coefficient (Wildman–Crippen LogP) is 4.27. The predicted molar refractivity (Wildman–Crippen MR) is 92.4 cm³/mol. The molecule has 3 rings (SSSR count). The van der Waals surface area contributed by atoms with Gasteiger partial charge in [0.25, 0.3) is 0 Å². The molecule has 1 unspecified atom stereocenters. The van der Waals surface area contributed by atoms with Gasteiger partial charge in [-0.15, -0.1) is 0 Å². The molecule has 23 heavy (non-hydrogen) atoms. The third kappa shape index (κ3) is 3.20. The molecule has 3 aromatic rings. The van der Waals surface area contributed by atoms with Crippen molar-refractivity contribution in [1.29, 1.82) is 0 Å². The van der Waals surface area contributed by atoms with E-state index in [4.69, 9.17) is 10.5 Å². The van der Waals surface area contributed by atoms with E-state index >= 15 is 0 Å². The van der Waals surface area contributed by atoms with E-state index in [1.54, 1.807) is 19.2 Å². The summed E-state index contributed by atoms with van der Waals surface area (Å²) in [6.07, 6.45) is 0.713. The normalized spacial score (nSPS) is 12.3. The minimum atomic E-state index is -0.231. The molecule has 0 aromatic heterocycles. The molecular weight excluding hydrogens is 289 g/mol. The number of ether oxygens (including phenoxy) is 1. The van der Waals surface area contributed by atoms with Crippen LogP contribution in [0.3, 0.4) is 0 Å². The van der Waals surface area contributed by atoms with E-state index in [0.717, 1.165) is 22.3 Å². The molecule has 0 heterocycles.